The third-order valence-electron chi connectivity index (χ3n) is 5.40. The highest BCUT2D eigenvalue weighted by Crippen LogP contribution is 2.32. The maximum Gasteiger partial charge on any atom is 0.270 e. The fourth-order valence-corrected chi connectivity index (χ4v) is 4.60. The lowest BCUT2D eigenvalue weighted by atomic mass is 10.1. The standard InChI is InChI=1S/C23H23N3O4S/c1-15-11-20-21(12-16(15)2)31-23(24-20)25(14-19-7-4-10-30-19)22(27)9-8-17-5-3-6-18(13-17)26(28)29/h3,5-6,8-9,11-13,19H,4,7,10,14H2,1-2H3/b9-8+. The minimum atomic E-state index is -0.450. The first-order chi connectivity index (χ1) is 14.9. The number of hydrogen-bond donors (Lipinski definition) is 0. The highest BCUT2D eigenvalue weighted by molar-refractivity contribution is 7.22. The lowest BCUT2D eigenvalue weighted by Crippen LogP contribution is -2.36. The summed E-state index contributed by atoms with van der Waals surface area (Å²) in [6.45, 7) is 5.24. The molecule has 1 amide bonds. The Balaban J connectivity index is 1.63. The fraction of sp³-hybridized carbons (Fsp3) is 0.304. The van der Waals surface area contributed by atoms with Crippen LogP contribution < -0.4 is 4.90 Å². The van der Waals surface area contributed by atoms with Crippen molar-refractivity contribution >= 4 is 44.4 Å². The number of aromatic nitrogens is 1. The van der Waals surface area contributed by atoms with Crippen LogP contribution in [-0.2, 0) is 9.53 Å². The van der Waals surface area contributed by atoms with Crippen LogP contribution in [0.4, 0.5) is 10.8 Å². The first kappa shape index (κ1) is 21.1. The third-order valence-corrected chi connectivity index (χ3v) is 6.44. The van der Waals surface area contributed by atoms with E-state index in [4.69, 9.17) is 9.72 Å². The molecule has 0 bridgehead atoms. The first-order valence-electron chi connectivity index (χ1n) is 10.1. The van der Waals surface area contributed by atoms with Crippen LogP contribution in [0.5, 0.6) is 0 Å². The van der Waals surface area contributed by atoms with Gasteiger partial charge in [-0.2, -0.15) is 0 Å². The second-order valence-electron chi connectivity index (χ2n) is 7.67. The zero-order chi connectivity index (χ0) is 22.0. The summed E-state index contributed by atoms with van der Waals surface area (Å²) in [5.41, 5.74) is 3.80. The van der Waals surface area contributed by atoms with Gasteiger partial charge in [0.25, 0.3) is 11.6 Å². The lowest BCUT2D eigenvalue weighted by Gasteiger charge is -2.21. The van der Waals surface area contributed by atoms with Crippen LogP contribution in [0.15, 0.2) is 42.5 Å². The smallest absolute Gasteiger partial charge is 0.270 e. The molecule has 160 valence electrons. The molecule has 0 radical (unpaired) electrons. The summed E-state index contributed by atoms with van der Waals surface area (Å²) in [6.07, 6.45) is 4.90. The largest absolute Gasteiger partial charge is 0.376 e. The number of aryl methyl sites for hydroxylation is 2. The number of amides is 1. The van der Waals surface area contributed by atoms with Crippen LogP contribution in [0.1, 0.15) is 29.5 Å². The molecule has 1 atom stereocenters. The number of anilines is 1. The van der Waals surface area contributed by atoms with Gasteiger partial charge < -0.3 is 4.74 Å². The van der Waals surface area contributed by atoms with E-state index in [2.05, 4.69) is 13.0 Å². The van der Waals surface area contributed by atoms with Crippen molar-refractivity contribution in [2.45, 2.75) is 32.8 Å². The van der Waals surface area contributed by atoms with Gasteiger partial charge in [-0.1, -0.05) is 23.5 Å². The second-order valence-corrected chi connectivity index (χ2v) is 8.68. The van der Waals surface area contributed by atoms with Gasteiger partial charge in [-0.15, -0.1) is 0 Å². The van der Waals surface area contributed by atoms with Crippen LogP contribution in [0.3, 0.4) is 0 Å². The molecule has 31 heavy (non-hydrogen) atoms. The normalized spacial score (nSPS) is 16.3. The molecule has 1 aliphatic rings. The zero-order valence-electron chi connectivity index (χ0n) is 17.4. The van der Waals surface area contributed by atoms with Crippen LogP contribution >= 0.6 is 11.3 Å². The Bertz CT molecular complexity index is 1130. The van der Waals surface area contributed by atoms with Crippen molar-refractivity contribution in [3.63, 3.8) is 0 Å². The van der Waals surface area contributed by atoms with Gasteiger partial charge in [0.05, 0.1) is 27.8 Å². The van der Waals surface area contributed by atoms with Crippen molar-refractivity contribution in [1.29, 1.82) is 0 Å². The second kappa shape index (κ2) is 8.95. The molecule has 3 aromatic rings. The Labute approximate surface area is 184 Å². The number of nitro benzene ring substituents is 1. The SMILES string of the molecule is Cc1cc2nc(N(CC3CCCO3)C(=O)/C=C/c3cccc([N+](=O)[O-])c3)sc2cc1C. The Morgan fingerprint density at radius 1 is 1.32 bits per heavy atom. The molecule has 0 saturated carbocycles. The minimum Gasteiger partial charge on any atom is -0.376 e. The van der Waals surface area contributed by atoms with E-state index in [1.807, 2.05) is 13.0 Å². The number of ether oxygens (including phenoxy) is 1. The van der Waals surface area contributed by atoms with Gasteiger partial charge in [-0.05, 0) is 61.6 Å². The van der Waals surface area contributed by atoms with Gasteiger partial charge in [0.15, 0.2) is 5.13 Å². The monoisotopic (exact) mass is 437 g/mol. The van der Waals surface area contributed by atoms with Gasteiger partial charge >= 0.3 is 0 Å². The number of thiazole rings is 1. The number of fused-ring (bicyclic) bond motifs is 1. The Morgan fingerprint density at radius 3 is 2.87 bits per heavy atom. The number of benzene rings is 2. The Kier molecular flexibility index (Phi) is 6.11. The van der Waals surface area contributed by atoms with E-state index in [-0.39, 0.29) is 17.7 Å². The van der Waals surface area contributed by atoms with Crippen molar-refractivity contribution in [1.82, 2.24) is 4.98 Å². The number of nitrogens with zero attached hydrogens (tertiary/aromatic N) is 3. The molecule has 0 spiro atoms. The minimum absolute atomic E-state index is 0.0114. The van der Waals surface area contributed by atoms with E-state index < -0.39 is 4.92 Å². The van der Waals surface area contributed by atoms with Gasteiger partial charge in [-0.25, -0.2) is 4.98 Å². The van der Waals surface area contributed by atoms with Gasteiger partial charge in [0, 0.05) is 24.8 Å². The van der Waals surface area contributed by atoms with Gasteiger partial charge in [0.2, 0.25) is 0 Å². The molecule has 1 fully saturated rings. The number of non-ortho nitro benzene ring substituents is 1. The predicted octanol–water partition coefficient (Wildman–Crippen LogP) is 5.05. The van der Waals surface area contributed by atoms with E-state index in [9.17, 15) is 14.9 Å². The highest BCUT2D eigenvalue weighted by atomic mass is 32.1. The summed E-state index contributed by atoms with van der Waals surface area (Å²) < 4.78 is 6.79. The summed E-state index contributed by atoms with van der Waals surface area (Å²) in [7, 11) is 0. The zero-order valence-corrected chi connectivity index (χ0v) is 18.2. The summed E-state index contributed by atoms with van der Waals surface area (Å²) in [5, 5.41) is 11.6. The van der Waals surface area contributed by atoms with Crippen molar-refractivity contribution < 1.29 is 14.5 Å². The molecule has 0 aliphatic carbocycles. The van der Waals surface area contributed by atoms with E-state index in [0.717, 1.165) is 28.6 Å². The molecular formula is C23H23N3O4S. The first-order valence-corrected chi connectivity index (χ1v) is 11.0. The predicted molar refractivity (Wildman–Crippen MR) is 123 cm³/mol. The number of carbonyl (C=O) groups excluding carboxylic acids is 1. The van der Waals surface area contributed by atoms with Gasteiger partial charge in [-0.3, -0.25) is 19.8 Å². The average Bonchev–Trinajstić information content (AvgIpc) is 3.40. The molecule has 0 N–H and O–H groups in total. The van der Waals surface area contributed by atoms with E-state index in [1.165, 1.54) is 35.1 Å². The van der Waals surface area contributed by atoms with Crippen molar-refractivity contribution in [2.24, 2.45) is 0 Å². The molecular weight excluding hydrogens is 414 g/mol. The van der Waals surface area contributed by atoms with Gasteiger partial charge in [0.1, 0.15) is 0 Å². The molecule has 2 aromatic carbocycles. The van der Waals surface area contributed by atoms with Crippen LogP contribution in [0, 0.1) is 24.0 Å². The molecule has 4 rings (SSSR count). The number of nitro groups is 1. The quantitative estimate of drug-likeness (QED) is 0.306. The maximum atomic E-state index is 13.2. The molecule has 7 nitrogen and oxygen atoms in total. The molecule has 8 heteroatoms. The number of carbonyl (C=O) groups is 1. The fourth-order valence-electron chi connectivity index (χ4n) is 3.54. The topological polar surface area (TPSA) is 85.6 Å². The lowest BCUT2D eigenvalue weighted by molar-refractivity contribution is -0.384. The number of hydrogen-bond acceptors (Lipinski definition) is 6. The highest BCUT2D eigenvalue weighted by Gasteiger charge is 2.25. The molecule has 2 heterocycles. The summed E-state index contributed by atoms with van der Waals surface area (Å²) >= 11 is 1.48. The van der Waals surface area contributed by atoms with Crippen molar-refractivity contribution in [3.05, 3.63) is 69.3 Å². The summed E-state index contributed by atoms with van der Waals surface area (Å²) in [5.74, 6) is -0.227. The number of rotatable bonds is 6. The van der Waals surface area contributed by atoms with Crippen LogP contribution in [0.2, 0.25) is 0 Å². The van der Waals surface area contributed by atoms with E-state index in [0.29, 0.717) is 23.8 Å². The van der Waals surface area contributed by atoms with Crippen molar-refractivity contribution in [2.75, 3.05) is 18.1 Å². The Morgan fingerprint density at radius 2 is 2.13 bits per heavy atom. The molecule has 1 aliphatic heterocycles. The third kappa shape index (κ3) is 4.81. The Hall–Kier alpha value is -3.10. The maximum absolute atomic E-state index is 13.2. The van der Waals surface area contributed by atoms with E-state index in [1.54, 1.807) is 23.1 Å². The molecule has 1 aromatic heterocycles. The van der Waals surface area contributed by atoms with Crippen LogP contribution in [-0.4, -0.2) is 35.1 Å². The van der Waals surface area contributed by atoms with Crippen LogP contribution in [0.25, 0.3) is 16.3 Å². The molecule has 1 unspecified atom stereocenters. The summed E-state index contributed by atoms with van der Waals surface area (Å²) in [4.78, 5) is 30.1. The average molecular weight is 438 g/mol. The molecule has 1 saturated heterocycles. The van der Waals surface area contributed by atoms with E-state index >= 15 is 0 Å². The van der Waals surface area contributed by atoms with Crippen molar-refractivity contribution in [3.8, 4) is 0 Å². The summed E-state index contributed by atoms with van der Waals surface area (Å²) in [6, 6.07) is 10.3.